The number of ketones is 1. The van der Waals surface area contributed by atoms with E-state index in [1.165, 1.54) is 0 Å². The van der Waals surface area contributed by atoms with Crippen molar-refractivity contribution in [2.75, 3.05) is 7.11 Å². The highest BCUT2D eigenvalue weighted by Crippen LogP contribution is 2.44. The number of carbonyl (C=O) groups is 1. The molecule has 1 N–H and O–H groups in total. The van der Waals surface area contributed by atoms with Gasteiger partial charge in [-0.05, 0) is 11.6 Å². The number of methoxy groups -OCH3 is 1. The number of ether oxygens (including phenoxy) is 1. The maximum absolute atomic E-state index is 12.5. The normalized spacial score (nSPS) is 21.3. The van der Waals surface area contributed by atoms with E-state index >= 15 is 0 Å². The van der Waals surface area contributed by atoms with Gasteiger partial charge in [-0.25, -0.2) is 0 Å². The summed E-state index contributed by atoms with van der Waals surface area (Å²) < 4.78 is 5.29. The lowest BCUT2D eigenvalue weighted by molar-refractivity contribution is 0.0869. The summed E-state index contributed by atoms with van der Waals surface area (Å²) in [5.41, 5.74) is 2.04. The Hall–Kier alpha value is -2.13. The second-order valence-electron chi connectivity index (χ2n) is 4.62. The van der Waals surface area contributed by atoms with Crippen molar-refractivity contribution in [2.45, 2.75) is 12.0 Å². The number of Topliss-reactive ketones (excluding diaryl/α,β-unsaturated/α-hetero) is 1. The fourth-order valence-electron chi connectivity index (χ4n) is 2.70. The van der Waals surface area contributed by atoms with Gasteiger partial charge in [0.25, 0.3) is 0 Å². The number of aliphatic hydroxyl groups is 1. The van der Waals surface area contributed by atoms with Crippen molar-refractivity contribution >= 4 is 5.78 Å². The van der Waals surface area contributed by atoms with Gasteiger partial charge in [0.15, 0.2) is 5.78 Å². The van der Waals surface area contributed by atoms with Gasteiger partial charge in [-0.15, -0.1) is 0 Å². The topological polar surface area (TPSA) is 46.5 Å². The summed E-state index contributed by atoms with van der Waals surface area (Å²) in [7, 11) is 1.57. The molecule has 0 saturated carbocycles. The average Bonchev–Trinajstić information content (AvgIpc) is 2.71. The second kappa shape index (κ2) is 4.52. The van der Waals surface area contributed by atoms with E-state index in [4.69, 9.17) is 4.74 Å². The zero-order valence-corrected chi connectivity index (χ0v) is 10.5. The monoisotopic (exact) mass is 254 g/mol. The first-order valence-corrected chi connectivity index (χ1v) is 6.18. The van der Waals surface area contributed by atoms with Crippen molar-refractivity contribution in [3.05, 3.63) is 65.2 Å². The fraction of sp³-hybridized carbons (Fsp3) is 0.188. The molecule has 0 saturated heterocycles. The van der Waals surface area contributed by atoms with Crippen LogP contribution in [0.4, 0.5) is 0 Å². The summed E-state index contributed by atoms with van der Waals surface area (Å²) in [6.45, 7) is 0. The minimum absolute atomic E-state index is 0.0485. The molecule has 0 fully saturated rings. The number of aliphatic hydroxyl groups excluding tert-OH is 1. The van der Waals surface area contributed by atoms with Crippen molar-refractivity contribution in [2.24, 2.45) is 0 Å². The van der Waals surface area contributed by atoms with Crippen molar-refractivity contribution in [1.29, 1.82) is 0 Å². The van der Waals surface area contributed by atoms with Crippen LogP contribution in [-0.4, -0.2) is 18.0 Å². The molecule has 96 valence electrons. The first-order valence-electron chi connectivity index (χ1n) is 6.18. The van der Waals surface area contributed by atoms with E-state index in [1.807, 2.05) is 30.3 Å². The van der Waals surface area contributed by atoms with E-state index in [-0.39, 0.29) is 5.78 Å². The molecule has 3 rings (SSSR count). The Morgan fingerprint density at radius 1 is 1.00 bits per heavy atom. The molecule has 2 atom stereocenters. The standard InChI is InChI=1S/C16H14O3/c1-19-13-9-5-4-8-12(13)14-15(17)10-6-2-3-7-11(10)16(14)18/h2-9,14-15,17H,1H3. The molecule has 2 aromatic rings. The summed E-state index contributed by atoms with van der Waals surface area (Å²) >= 11 is 0. The molecule has 0 bridgehead atoms. The highest BCUT2D eigenvalue weighted by Gasteiger charge is 2.40. The highest BCUT2D eigenvalue weighted by atomic mass is 16.5. The average molecular weight is 254 g/mol. The van der Waals surface area contributed by atoms with E-state index in [0.29, 0.717) is 16.9 Å². The van der Waals surface area contributed by atoms with Crippen molar-refractivity contribution in [3.63, 3.8) is 0 Å². The van der Waals surface area contributed by atoms with Gasteiger partial charge >= 0.3 is 0 Å². The van der Waals surface area contributed by atoms with Crippen molar-refractivity contribution in [1.82, 2.24) is 0 Å². The van der Waals surface area contributed by atoms with Crippen LogP contribution in [0.25, 0.3) is 0 Å². The summed E-state index contributed by atoms with van der Waals surface area (Å²) in [5, 5.41) is 10.4. The van der Waals surface area contributed by atoms with Crippen LogP contribution in [0, 0.1) is 0 Å². The van der Waals surface area contributed by atoms with Gasteiger partial charge in [-0.1, -0.05) is 42.5 Å². The number of rotatable bonds is 2. The third kappa shape index (κ3) is 1.74. The predicted molar refractivity (Wildman–Crippen MR) is 71.5 cm³/mol. The molecule has 2 aromatic carbocycles. The Bertz CT molecular complexity index is 633. The smallest absolute Gasteiger partial charge is 0.173 e. The number of benzene rings is 2. The molecule has 0 heterocycles. The Kier molecular flexibility index (Phi) is 2.84. The quantitative estimate of drug-likeness (QED) is 0.896. The molecule has 0 spiro atoms. The van der Waals surface area contributed by atoms with Crippen LogP contribution < -0.4 is 4.74 Å². The molecule has 3 nitrogen and oxygen atoms in total. The van der Waals surface area contributed by atoms with Gasteiger partial charge in [-0.3, -0.25) is 4.79 Å². The van der Waals surface area contributed by atoms with Gasteiger partial charge in [0.1, 0.15) is 5.75 Å². The first kappa shape index (κ1) is 11.9. The Morgan fingerprint density at radius 3 is 2.32 bits per heavy atom. The molecule has 0 amide bonds. The summed E-state index contributed by atoms with van der Waals surface area (Å²) in [6, 6.07) is 14.5. The Balaban J connectivity index is 2.11. The lowest BCUT2D eigenvalue weighted by Gasteiger charge is -2.17. The maximum Gasteiger partial charge on any atom is 0.173 e. The van der Waals surface area contributed by atoms with Gasteiger partial charge in [0, 0.05) is 11.1 Å². The molecule has 19 heavy (non-hydrogen) atoms. The molecule has 1 aliphatic carbocycles. The van der Waals surface area contributed by atoms with Crippen LogP contribution in [0.15, 0.2) is 48.5 Å². The zero-order valence-electron chi connectivity index (χ0n) is 10.5. The van der Waals surface area contributed by atoms with Crippen molar-refractivity contribution in [3.8, 4) is 5.75 Å². The van der Waals surface area contributed by atoms with Gasteiger partial charge in [0.05, 0.1) is 19.1 Å². The molecular weight excluding hydrogens is 240 g/mol. The number of carbonyl (C=O) groups excluding carboxylic acids is 1. The number of hydrogen-bond acceptors (Lipinski definition) is 3. The van der Waals surface area contributed by atoms with Gasteiger partial charge in [0.2, 0.25) is 0 Å². The van der Waals surface area contributed by atoms with E-state index in [0.717, 1.165) is 5.56 Å². The maximum atomic E-state index is 12.5. The van der Waals surface area contributed by atoms with E-state index < -0.39 is 12.0 Å². The molecule has 3 heteroatoms. The highest BCUT2D eigenvalue weighted by molar-refractivity contribution is 6.06. The second-order valence-corrected chi connectivity index (χ2v) is 4.62. The lowest BCUT2D eigenvalue weighted by atomic mass is 9.92. The number of hydrogen-bond donors (Lipinski definition) is 1. The van der Waals surface area contributed by atoms with Crippen LogP contribution >= 0.6 is 0 Å². The summed E-state index contributed by atoms with van der Waals surface area (Å²) in [6.07, 6.45) is -0.806. The minimum atomic E-state index is -0.806. The third-order valence-electron chi connectivity index (χ3n) is 3.62. The first-order chi connectivity index (χ1) is 9.24. The summed E-state index contributed by atoms with van der Waals surface area (Å²) in [4.78, 5) is 12.5. The third-order valence-corrected chi connectivity index (χ3v) is 3.62. The molecule has 1 aliphatic rings. The molecule has 0 radical (unpaired) electrons. The number of fused-ring (bicyclic) bond motifs is 1. The molecule has 0 aromatic heterocycles. The Labute approximate surface area is 111 Å². The van der Waals surface area contributed by atoms with E-state index in [2.05, 4.69) is 0 Å². The Morgan fingerprint density at radius 2 is 1.63 bits per heavy atom. The van der Waals surface area contributed by atoms with Crippen molar-refractivity contribution < 1.29 is 14.6 Å². The lowest BCUT2D eigenvalue weighted by Crippen LogP contribution is -2.12. The minimum Gasteiger partial charge on any atom is -0.496 e. The van der Waals surface area contributed by atoms with E-state index in [9.17, 15) is 9.90 Å². The number of para-hydroxylation sites is 1. The predicted octanol–water partition coefficient (Wildman–Crippen LogP) is 2.71. The summed E-state index contributed by atoms with van der Waals surface area (Å²) in [5.74, 6) is 0.00820. The molecule has 0 aliphatic heterocycles. The zero-order chi connectivity index (χ0) is 13.4. The van der Waals surface area contributed by atoms with Crippen LogP contribution in [0.2, 0.25) is 0 Å². The van der Waals surface area contributed by atoms with Gasteiger partial charge in [-0.2, -0.15) is 0 Å². The van der Waals surface area contributed by atoms with E-state index in [1.54, 1.807) is 25.3 Å². The SMILES string of the molecule is COc1ccccc1C1C(=O)c2ccccc2C1O. The molecule has 2 unspecified atom stereocenters. The van der Waals surface area contributed by atoms with Crippen LogP contribution in [0.5, 0.6) is 5.75 Å². The largest absolute Gasteiger partial charge is 0.496 e. The van der Waals surface area contributed by atoms with Crippen LogP contribution in [0.1, 0.15) is 33.5 Å². The van der Waals surface area contributed by atoms with Gasteiger partial charge < -0.3 is 9.84 Å². The fourth-order valence-corrected chi connectivity index (χ4v) is 2.70. The molecular formula is C16H14O3. The van der Waals surface area contributed by atoms with Crippen LogP contribution in [-0.2, 0) is 0 Å². The van der Waals surface area contributed by atoms with Crippen LogP contribution in [0.3, 0.4) is 0 Å².